The number of nitrogens with two attached hydrogens (primary N) is 1. The van der Waals surface area contributed by atoms with Gasteiger partial charge in [0.25, 0.3) is 0 Å². The Bertz CT molecular complexity index is 955. The summed E-state index contributed by atoms with van der Waals surface area (Å²) in [7, 11) is 1.35. The summed E-state index contributed by atoms with van der Waals surface area (Å²) in [5.41, 5.74) is 3.19. The van der Waals surface area contributed by atoms with E-state index in [1.807, 2.05) is 0 Å². The van der Waals surface area contributed by atoms with Gasteiger partial charge in [-0.1, -0.05) is 12.1 Å². The molecular weight excluding hydrogens is 381 g/mol. The topological polar surface area (TPSA) is 58.7 Å². The number of hydrogen-bond acceptors (Lipinski definition) is 3. The molecule has 3 rings (SSSR count). The molecule has 0 radical (unpaired) electrons. The lowest BCUT2D eigenvalue weighted by Crippen LogP contribution is -2.52. The Balaban J connectivity index is 2.21. The van der Waals surface area contributed by atoms with Gasteiger partial charge < -0.3 is 5.73 Å². The van der Waals surface area contributed by atoms with E-state index in [0.29, 0.717) is 0 Å². The molecule has 148 valence electrons. The van der Waals surface area contributed by atoms with Crippen LogP contribution >= 0.6 is 0 Å². The summed E-state index contributed by atoms with van der Waals surface area (Å²) >= 11 is 0. The number of aliphatic imine (C=N–C) groups is 1. The van der Waals surface area contributed by atoms with Gasteiger partial charge in [0.1, 0.15) is 17.2 Å². The summed E-state index contributed by atoms with van der Waals surface area (Å²) in [5.74, 6) is -3.57. The zero-order chi connectivity index (χ0) is 20.9. The summed E-state index contributed by atoms with van der Waals surface area (Å²) < 4.78 is 66.9. The van der Waals surface area contributed by atoms with Gasteiger partial charge >= 0.3 is 6.18 Å². The van der Waals surface area contributed by atoms with Gasteiger partial charge in [0.2, 0.25) is 5.91 Å². The van der Waals surface area contributed by atoms with Crippen LogP contribution in [0.15, 0.2) is 47.5 Å². The molecule has 1 aliphatic heterocycles. The van der Waals surface area contributed by atoms with E-state index < -0.39 is 40.7 Å². The van der Waals surface area contributed by atoms with E-state index >= 15 is 0 Å². The van der Waals surface area contributed by atoms with Crippen LogP contribution in [-0.4, -0.2) is 23.8 Å². The molecule has 2 aromatic carbocycles. The van der Waals surface area contributed by atoms with Crippen LogP contribution in [-0.2, 0) is 16.5 Å². The molecule has 2 aromatic rings. The first-order valence-electron chi connectivity index (χ1n) is 8.20. The number of halogens is 5. The van der Waals surface area contributed by atoms with E-state index in [0.717, 1.165) is 47.4 Å². The van der Waals surface area contributed by atoms with E-state index in [9.17, 15) is 26.7 Å². The average molecular weight is 397 g/mol. The zero-order valence-electron chi connectivity index (χ0n) is 14.9. The summed E-state index contributed by atoms with van der Waals surface area (Å²) in [6, 6.07) is 6.63. The highest BCUT2D eigenvalue weighted by Crippen LogP contribution is 2.45. The molecule has 1 heterocycles. The average Bonchev–Trinajstić information content (AvgIpc) is 2.61. The van der Waals surface area contributed by atoms with E-state index in [1.54, 1.807) is 0 Å². The van der Waals surface area contributed by atoms with E-state index in [2.05, 4.69) is 4.99 Å². The number of nitrogens with zero attached hydrogens (tertiary/aromatic N) is 2. The number of likely N-dealkylation sites (N-methyl/N-ethyl adjacent to an activating group) is 1. The molecule has 0 saturated carbocycles. The third kappa shape index (κ3) is 3.21. The number of amides is 1. The number of hydrogen-bond donors (Lipinski definition) is 1. The molecular formula is C19H16F5N3O. The molecule has 0 aromatic heterocycles. The lowest BCUT2D eigenvalue weighted by Gasteiger charge is -2.41. The second-order valence-electron chi connectivity index (χ2n) is 6.69. The van der Waals surface area contributed by atoms with E-state index in [1.165, 1.54) is 14.0 Å². The molecule has 2 N–H and O–H groups in total. The van der Waals surface area contributed by atoms with Gasteiger partial charge in [0.15, 0.2) is 5.96 Å². The van der Waals surface area contributed by atoms with Gasteiger partial charge in [-0.05, 0) is 42.8 Å². The Morgan fingerprint density at radius 2 is 1.71 bits per heavy atom. The van der Waals surface area contributed by atoms with Gasteiger partial charge in [0.05, 0.1) is 11.5 Å². The van der Waals surface area contributed by atoms with Crippen molar-refractivity contribution in [3.05, 3.63) is 70.8 Å². The Labute approximate surface area is 157 Å². The van der Waals surface area contributed by atoms with Gasteiger partial charge in [-0.15, -0.1) is 0 Å². The quantitative estimate of drug-likeness (QED) is 0.785. The van der Waals surface area contributed by atoms with Gasteiger partial charge in [-0.3, -0.25) is 9.69 Å². The summed E-state index contributed by atoms with van der Waals surface area (Å²) in [5, 5.41) is 0. The SMILES string of the molecule is CN1C(=O)C(c2ccc(C(F)(F)F)cc2)C(C)(c2cc(F)ccc2F)N=C1N. The first-order chi connectivity index (χ1) is 12.9. The van der Waals surface area contributed by atoms with Crippen molar-refractivity contribution in [2.75, 3.05) is 7.05 Å². The first-order valence-corrected chi connectivity index (χ1v) is 8.20. The second kappa shape index (κ2) is 6.57. The Kier molecular flexibility index (Phi) is 4.64. The van der Waals surface area contributed by atoms with Crippen LogP contribution in [0.3, 0.4) is 0 Å². The molecule has 0 aliphatic carbocycles. The largest absolute Gasteiger partial charge is 0.416 e. The normalized spacial score (nSPS) is 23.0. The maximum Gasteiger partial charge on any atom is 0.416 e. The summed E-state index contributed by atoms with van der Waals surface area (Å²) in [6.45, 7) is 1.39. The third-order valence-corrected chi connectivity index (χ3v) is 4.88. The predicted molar refractivity (Wildman–Crippen MR) is 92.3 cm³/mol. The summed E-state index contributed by atoms with van der Waals surface area (Å²) in [4.78, 5) is 18.2. The maximum absolute atomic E-state index is 14.5. The van der Waals surface area contributed by atoms with Crippen molar-refractivity contribution in [2.24, 2.45) is 10.7 Å². The number of guanidine groups is 1. The molecule has 0 fully saturated rings. The van der Waals surface area contributed by atoms with Crippen LogP contribution in [0.4, 0.5) is 22.0 Å². The smallest absolute Gasteiger partial charge is 0.369 e. The minimum atomic E-state index is -4.55. The number of carbonyl (C=O) groups excluding carboxylic acids is 1. The molecule has 9 heteroatoms. The molecule has 1 amide bonds. The van der Waals surface area contributed by atoms with Crippen molar-refractivity contribution in [1.29, 1.82) is 0 Å². The Morgan fingerprint density at radius 1 is 1.11 bits per heavy atom. The fraction of sp³-hybridized carbons (Fsp3) is 0.263. The highest BCUT2D eigenvalue weighted by molar-refractivity contribution is 6.02. The van der Waals surface area contributed by atoms with E-state index in [-0.39, 0.29) is 17.1 Å². The lowest BCUT2D eigenvalue weighted by atomic mass is 9.74. The number of rotatable bonds is 2. The van der Waals surface area contributed by atoms with Crippen molar-refractivity contribution in [2.45, 2.75) is 24.6 Å². The monoisotopic (exact) mass is 397 g/mol. The van der Waals surface area contributed by atoms with Crippen LogP contribution in [0, 0.1) is 11.6 Å². The third-order valence-electron chi connectivity index (χ3n) is 4.88. The number of alkyl halides is 3. The highest BCUT2D eigenvalue weighted by Gasteiger charge is 2.48. The maximum atomic E-state index is 14.5. The minimum absolute atomic E-state index is 0.173. The van der Waals surface area contributed by atoms with Crippen LogP contribution in [0.5, 0.6) is 0 Å². The molecule has 1 aliphatic rings. The highest BCUT2D eigenvalue weighted by atomic mass is 19.4. The standard InChI is InChI=1S/C19H16F5N3O/c1-18(13-9-12(20)7-8-14(13)21)15(16(28)27(2)17(25)26-18)10-3-5-11(6-4-10)19(22,23)24/h3-9,15H,1-2H3,(H2,25,26). The molecule has 0 bridgehead atoms. The van der Waals surface area contributed by atoms with Crippen molar-refractivity contribution < 1.29 is 26.7 Å². The number of carbonyl (C=O) groups is 1. The molecule has 4 nitrogen and oxygen atoms in total. The minimum Gasteiger partial charge on any atom is -0.369 e. The molecule has 0 spiro atoms. The van der Waals surface area contributed by atoms with Crippen LogP contribution < -0.4 is 5.73 Å². The van der Waals surface area contributed by atoms with Crippen molar-refractivity contribution >= 4 is 11.9 Å². The second-order valence-corrected chi connectivity index (χ2v) is 6.69. The van der Waals surface area contributed by atoms with Gasteiger partial charge in [-0.25, -0.2) is 13.8 Å². The van der Waals surface area contributed by atoms with E-state index in [4.69, 9.17) is 5.73 Å². The Hall–Kier alpha value is -2.97. The van der Waals surface area contributed by atoms with Crippen LogP contribution in [0.25, 0.3) is 0 Å². The molecule has 2 atom stereocenters. The van der Waals surface area contributed by atoms with Gasteiger partial charge in [0, 0.05) is 12.6 Å². The Morgan fingerprint density at radius 3 is 2.29 bits per heavy atom. The first kappa shape index (κ1) is 19.8. The predicted octanol–water partition coefficient (Wildman–Crippen LogP) is 3.77. The number of benzene rings is 2. The van der Waals surface area contributed by atoms with Crippen molar-refractivity contribution in [1.82, 2.24) is 4.90 Å². The fourth-order valence-electron chi connectivity index (χ4n) is 3.36. The fourth-order valence-corrected chi connectivity index (χ4v) is 3.36. The molecule has 0 saturated heterocycles. The van der Waals surface area contributed by atoms with Crippen molar-refractivity contribution in [3.63, 3.8) is 0 Å². The summed E-state index contributed by atoms with van der Waals surface area (Å²) in [6.07, 6.45) is -4.55. The van der Waals surface area contributed by atoms with Gasteiger partial charge in [-0.2, -0.15) is 13.2 Å². The molecule has 28 heavy (non-hydrogen) atoms. The zero-order valence-corrected chi connectivity index (χ0v) is 14.9. The lowest BCUT2D eigenvalue weighted by molar-refractivity contribution is -0.137. The van der Waals surface area contributed by atoms with Crippen LogP contribution in [0.2, 0.25) is 0 Å². The molecule has 2 unspecified atom stereocenters. The van der Waals surface area contributed by atoms with Crippen molar-refractivity contribution in [3.8, 4) is 0 Å². The van der Waals surface area contributed by atoms with Crippen LogP contribution in [0.1, 0.15) is 29.5 Å².